The number of likely N-dealkylation sites (tertiary alicyclic amines) is 2. The van der Waals surface area contributed by atoms with Crippen molar-refractivity contribution in [2.75, 3.05) is 39.5 Å². The lowest BCUT2D eigenvalue weighted by atomic mass is 9.73. The van der Waals surface area contributed by atoms with Crippen LogP contribution < -0.4 is 0 Å². The molecule has 1 atom stereocenters. The van der Waals surface area contributed by atoms with E-state index in [9.17, 15) is 4.79 Å². The molecule has 1 unspecified atom stereocenters. The van der Waals surface area contributed by atoms with Gasteiger partial charge in [-0.25, -0.2) is 0 Å². The van der Waals surface area contributed by atoms with Gasteiger partial charge in [-0.15, -0.1) is 0 Å². The van der Waals surface area contributed by atoms with Crippen LogP contribution in [0, 0.1) is 5.92 Å². The van der Waals surface area contributed by atoms with Gasteiger partial charge in [0.15, 0.2) is 0 Å². The molecule has 3 saturated heterocycles. The van der Waals surface area contributed by atoms with Crippen molar-refractivity contribution in [1.82, 2.24) is 19.6 Å². The largest absolute Gasteiger partial charge is 0.381 e. The number of amides is 1. The van der Waals surface area contributed by atoms with Gasteiger partial charge in [-0.2, -0.15) is 5.10 Å². The number of carbonyl (C=O) groups excluding carboxylic acids is 1. The third-order valence-corrected chi connectivity index (χ3v) is 7.27. The van der Waals surface area contributed by atoms with Crippen molar-refractivity contribution in [3.05, 3.63) is 18.0 Å². The minimum atomic E-state index is 0.113. The molecule has 154 valence electrons. The number of rotatable bonds is 5. The highest BCUT2D eigenvalue weighted by molar-refractivity contribution is 5.93. The highest BCUT2D eigenvalue weighted by Gasteiger charge is 2.57. The van der Waals surface area contributed by atoms with Crippen LogP contribution in [0.15, 0.2) is 12.4 Å². The Kier molecular flexibility index (Phi) is 4.93. The quantitative estimate of drug-likeness (QED) is 0.768. The Labute approximate surface area is 166 Å². The van der Waals surface area contributed by atoms with Crippen LogP contribution in [-0.2, 0) is 16.5 Å². The van der Waals surface area contributed by atoms with Crippen LogP contribution in [0.2, 0.25) is 0 Å². The van der Waals surface area contributed by atoms with E-state index in [0.717, 1.165) is 71.1 Å². The third-order valence-electron chi connectivity index (χ3n) is 7.27. The first-order valence-corrected chi connectivity index (χ1v) is 10.9. The van der Waals surface area contributed by atoms with Gasteiger partial charge in [0.05, 0.1) is 23.4 Å². The van der Waals surface area contributed by atoms with E-state index in [2.05, 4.69) is 10.00 Å². The topological polar surface area (TPSA) is 59.8 Å². The number of hydrogen-bond acceptors (Lipinski definition) is 5. The molecule has 4 fully saturated rings. The van der Waals surface area contributed by atoms with Crippen LogP contribution >= 0.6 is 0 Å². The van der Waals surface area contributed by atoms with Crippen molar-refractivity contribution in [1.29, 1.82) is 0 Å². The fraction of sp³-hybridized carbons (Fsp3) is 0.810. The van der Waals surface area contributed by atoms with Gasteiger partial charge in [-0.05, 0) is 44.4 Å². The molecule has 1 amide bonds. The lowest BCUT2D eigenvalue weighted by Crippen LogP contribution is -2.76. The van der Waals surface area contributed by atoms with Crippen molar-refractivity contribution < 1.29 is 14.3 Å². The Balaban J connectivity index is 1.20. The van der Waals surface area contributed by atoms with E-state index in [1.807, 2.05) is 18.1 Å². The van der Waals surface area contributed by atoms with Gasteiger partial charge >= 0.3 is 0 Å². The highest BCUT2D eigenvalue weighted by atomic mass is 16.5. The average Bonchev–Trinajstić information content (AvgIpc) is 3.46. The van der Waals surface area contributed by atoms with E-state index in [0.29, 0.717) is 17.7 Å². The molecule has 1 aromatic heterocycles. The summed E-state index contributed by atoms with van der Waals surface area (Å²) in [6.45, 7) is 5.34. The molecule has 1 aromatic rings. The Hall–Kier alpha value is -1.44. The van der Waals surface area contributed by atoms with Crippen LogP contribution in [0.1, 0.15) is 48.9 Å². The second-order valence-electron chi connectivity index (χ2n) is 9.06. The predicted octanol–water partition coefficient (Wildman–Crippen LogP) is 1.68. The van der Waals surface area contributed by atoms with E-state index in [4.69, 9.17) is 9.47 Å². The molecule has 0 bridgehead atoms. The average molecular weight is 389 g/mol. The number of piperidine rings is 1. The number of aromatic nitrogens is 2. The molecule has 28 heavy (non-hydrogen) atoms. The number of nitrogens with zero attached hydrogens (tertiary/aromatic N) is 4. The molecule has 7 heteroatoms. The van der Waals surface area contributed by atoms with Crippen molar-refractivity contribution in [3.63, 3.8) is 0 Å². The molecule has 7 nitrogen and oxygen atoms in total. The lowest BCUT2D eigenvalue weighted by Gasteiger charge is -2.63. The van der Waals surface area contributed by atoms with E-state index in [1.54, 1.807) is 10.9 Å². The monoisotopic (exact) mass is 388 g/mol. The van der Waals surface area contributed by atoms with Gasteiger partial charge in [-0.1, -0.05) is 0 Å². The normalized spacial score (nSPS) is 28.5. The fourth-order valence-electron chi connectivity index (χ4n) is 5.29. The molecule has 1 saturated carbocycles. The van der Waals surface area contributed by atoms with Crippen LogP contribution in [0.3, 0.4) is 0 Å². The number of carbonyl (C=O) groups is 1. The van der Waals surface area contributed by atoms with Crippen molar-refractivity contribution in [2.24, 2.45) is 13.0 Å². The molecule has 1 spiro atoms. The summed E-state index contributed by atoms with van der Waals surface area (Å²) < 4.78 is 13.7. The number of hydrogen-bond donors (Lipinski definition) is 0. The fourth-order valence-corrected chi connectivity index (χ4v) is 5.29. The van der Waals surface area contributed by atoms with Gasteiger partial charge in [-0.3, -0.25) is 14.4 Å². The van der Waals surface area contributed by atoms with Gasteiger partial charge in [0.1, 0.15) is 0 Å². The van der Waals surface area contributed by atoms with Gasteiger partial charge in [0, 0.05) is 58.7 Å². The zero-order chi connectivity index (χ0) is 19.1. The zero-order valence-electron chi connectivity index (χ0n) is 16.9. The number of ether oxygens (including phenoxy) is 2. The molecule has 1 aliphatic carbocycles. The molecule has 4 aliphatic rings. The first kappa shape index (κ1) is 18.6. The Morgan fingerprint density at radius 3 is 2.64 bits per heavy atom. The summed E-state index contributed by atoms with van der Waals surface area (Å²) >= 11 is 0. The molecule has 0 radical (unpaired) electrons. The Bertz CT molecular complexity index is 702. The lowest BCUT2D eigenvalue weighted by molar-refractivity contribution is -0.217. The summed E-state index contributed by atoms with van der Waals surface area (Å²) in [4.78, 5) is 17.4. The SMILES string of the molecule is Cn1cc(C(=O)N2CCC(N3CC(OCC4CC4)C34CCOCC4)CC2)cn1. The predicted molar refractivity (Wildman–Crippen MR) is 104 cm³/mol. The second-order valence-corrected chi connectivity index (χ2v) is 9.06. The summed E-state index contributed by atoms with van der Waals surface area (Å²) in [6, 6.07) is 0.553. The maximum absolute atomic E-state index is 12.7. The van der Waals surface area contributed by atoms with E-state index in [-0.39, 0.29) is 11.4 Å². The highest BCUT2D eigenvalue weighted by Crippen LogP contribution is 2.45. The summed E-state index contributed by atoms with van der Waals surface area (Å²) in [5, 5.41) is 4.13. The van der Waals surface area contributed by atoms with E-state index in [1.165, 1.54) is 12.8 Å². The van der Waals surface area contributed by atoms with Crippen LogP contribution in [-0.4, -0.2) is 82.6 Å². The minimum absolute atomic E-state index is 0.113. The molecule has 0 aromatic carbocycles. The Morgan fingerprint density at radius 2 is 2.00 bits per heavy atom. The first-order chi connectivity index (χ1) is 13.7. The first-order valence-electron chi connectivity index (χ1n) is 10.9. The maximum atomic E-state index is 12.7. The van der Waals surface area contributed by atoms with E-state index < -0.39 is 0 Å². The van der Waals surface area contributed by atoms with Gasteiger partial charge < -0.3 is 14.4 Å². The summed E-state index contributed by atoms with van der Waals surface area (Å²) in [7, 11) is 1.85. The summed E-state index contributed by atoms with van der Waals surface area (Å²) in [5.74, 6) is 0.925. The number of aryl methyl sites for hydroxylation is 1. The van der Waals surface area contributed by atoms with Crippen LogP contribution in [0.4, 0.5) is 0 Å². The van der Waals surface area contributed by atoms with Crippen molar-refractivity contribution >= 4 is 5.91 Å². The van der Waals surface area contributed by atoms with Gasteiger partial charge in [0.2, 0.25) is 0 Å². The molecular formula is C21H32N4O3. The third kappa shape index (κ3) is 3.37. The minimum Gasteiger partial charge on any atom is -0.381 e. The van der Waals surface area contributed by atoms with Crippen LogP contribution in [0.25, 0.3) is 0 Å². The molecular weight excluding hydrogens is 356 g/mol. The van der Waals surface area contributed by atoms with Crippen LogP contribution in [0.5, 0.6) is 0 Å². The van der Waals surface area contributed by atoms with Crippen molar-refractivity contribution in [2.45, 2.75) is 56.2 Å². The maximum Gasteiger partial charge on any atom is 0.257 e. The molecule has 4 heterocycles. The molecule has 3 aliphatic heterocycles. The van der Waals surface area contributed by atoms with E-state index >= 15 is 0 Å². The van der Waals surface area contributed by atoms with Gasteiger partial charge in [0.25, 0.3) is 5.91 Å². The smallest absolute Gasteiger partial charge is 0.257 e. The van der Waals surface area contributed by atoms with Crippen molar-refractivity contribution in [3.8, 4) is 0 Å². The summed E-state index contributed by atoms with van der Waals surface area (Å²) in [6.07, 6.45) is 10.8. The standard InChI is InChI=1S/C21H32N4O3/c1-23-13-17(12-22-23)20(26)24-8-4-18(5-9-24)25-14-19(28-15-16-2-3-16)21(25)6-10-27-11-7-21/h12-13,16,18-19H,2-11,14-15H2,1H3. The Morgan fingerprint density at radius 1 is 1.25 bits per heavy atom. The molecule has 0 N–H and O–H groups in total. The zero-order valence-corrected chi connectivity index (χ0v) is 16.9. The molecule has 5 rings (SSSR count). The summed E-state index contributed by atoms with van der Waals surface area (Å²) in [5.41, 5.74) is 0.868. The second kappa shape index (κ2) is 7.43.